The number of aliphatic hydroxyl groups is 2. The monoisotopic (exact) mass is 678 g/mol. The third kappa shape index (κ3) is 8.85. The lowest BCUT2D eigenvalue weighted by molar-refractivity contribution is -0.139. The number of benzene rings is 2. The molecule has 220 valence electrons. The van der Waals surface area contributed by atoms with Gasteiger partial charge in [-0.05, 0) is 59.7 Å². The fourth-order valence-corrected chi connectivity index (χ4v) is 5.39. The summed E-state index contributed by atoms with van der Waals surface area (Å²) in [5, 5.41) is 23.5. The van der Waals surface area contributed by atoms with Gasteiger partial charge in [-0.2, -0.15) is 0 Å². The zero-order chi connectivity index (χ0) is 29.9. The zero-order valence-electron chi connectivity index (χ0n) is 23.0. The van der Waals surface area contributed by atoms with Crippen LogP contribution < -0.4 is 14.8 Å². The minimum Gasteiger partial charge on any atom is -0.493 e. The Balaban J connectivity index is 2.01. The van der Waals surface area contributed by atoms with Crippen LogP contribution in [0.3, 0.4) is 0 Å². The van der Waals surface area contributed by atoms with E-state index in [1.54, 1.807) is 11.0 Å². The van der Waals surface area contributed by atoms with Gasteiger partial charge in [0, 0.05) is 43.5 Å². The summed E-state index contributed by atoms with van der Waals surface area (Å²) in [5.74, 6) is -0.191. The molecule has 2 amide bonds. The Morgan fingerprint density at radius 1 is 1.17 bits per heavy atom. The van der Waals surface area contributed by atoms with E-state index in [9.17, 15) is 29.4 Å². The van der Waals surface area contributed by atoms with Crippen LogP contribution in [0.25, 0.3) is 0 Å². The van der Waals surface area contributed by atoms with Gasteiger partial charge in [0.1, 0.15) is 24.3 Å². The number of methoxy groups -OCH3 is 1. The van der Waals surface area contributed by atoms with Gasteiger partial charge in [0.05, 0.1) is 23.3 Å². The van der Waals surface area contributed by atoms with Gasteiger partial charge in [0.25, 0.3) is 0 Å². The maximum Gasteiger partial charge on any atom is 0.247 e. The molecule has 1 aliphatic carbocycles. The standard InChI is InChI=1S/C30H35IN2O8/c1-19(36)7-6-10-27(37)33(17-20-8-4-3-5-9-20)24-15-22(30(39)32-11-12-34)16-25(28(24)38)41-29-23(31)13-21(18-35)14-26(29)40-2/h3-5,8-9,13-14,16,18,24-25,28,34,38H,6-7,10-12,15,17H2,1-2H3,(H,32,39). The molecule has 0 heterocycles. The molecule has 3 unspecified atom stereocenters. The van der Waals surface area contributed by atoms with E-state index in [1.807, 2.05) is 52.9 Å². The Kier molecular flexibility index (Phi) is 12.3. The fourth-order valence-electron chi connectivity index (χ4n) is 4.64. The van der Waals surface area contributed by atoms with Crippen molar-refractivity contribution in [2.24, 2.45) is 0 Å². The summed E-state index contributed by atoms with van der Waals surface area (Å²) in [6.07, 6.45) is 0.652. The molecule has 11 heteroatoms. The lowest BCUT2D eigenvalue weighted by Crippen LogP contribution is -2.54. The molecule has 0 aromatic heterocycles. The van der Waals surface area contributed by atoms with Gasteiger partial charge in [0.2, 0.25) is 11.8 Å². The first-order valence-corrected chi connectivity index (χ1v) is 14.4. The van der Waals surface area contributed by atoms with Crippen molar-refractivity contribution < 1.29 is 38.9 Å². The van der Waals surface area contributed by atoms with Crippen molar-refractivity contribution in [2.75, 3.05) is 20.3 Å². The number of ketones is 1. The average molecular weight is 679 g/mol. The number of amides is 2. The van der Waals surface area contributed by atoms with Crippen molar-refractivity contribution in [3.63, 3.8) is 0 Å². The summed E-state index contributed by atoms with van der Waals surface area (Å²) >= 11 is 2.00. The van der Waals surface area contributed by atoms with Gasteiger partial charge >= 0.3 is 0 Å². The van der Waals surface area contributed by atoms with Crippen LogP contribution in [0, 0.1) is 3.57 Å². The van der Waals surface area contributed by atoms with Crippen LogP contribution in [0.1, 0.15) is 48.5 Å². The number of aliphatic hydroxyl groups excluding tert-OH is 2. The number of halogens is 1. The minimum absolute atomic E-state index is 0.0199. The largest absolute Gasteiger partial charge is 0.493 e. The van der Waals surface area contributed by atoms with Gasteiger partial charge in [-0.3, -0.25) is 14.4 Å². The molecular weight excluding hydrogens is 643 g/mol. The first-order chi connectivity index (χ1) is 19.7. The van der Waals surface area contributed by atoms with E-state index in [0.717, 1.165) is 5.56 Å². The van der Waals surface area contributed by atoms with E-state index in [1.165, 1.54) is 26.2 Å². The number of Topliss-reactive ketones (excluding diaryl/α,β-unsaturated/α-hetero) is 1. The number of rotatable bonds is 14. The molecule has 2 aromatic carbocycles. The predicted octanol–water partition coefficient (Wildman–Crippen LogP) is 2.82. The summed E-state index contributed by atoms with van der Waals surface area (Å²) in [6, 6.07) is 11.6. The van der Waals surface area contributed by atoms with Crippen molar-refractivity contribution >= 4 is 46.5 Å². The Morgan fingerprint density at radius 3 is 2.54 bits per heavy atom. The van der Waals surface area contributed by atoms with E-state index < -0.39 is 24.2 Å². The number of hydrogen-bond acceptors (Lipinski definition) is 8. The third-order valence-electron chi connectivity index (χ3n) is 6.69. The molecule has 3 atom stereocenters. The van der Waals surface area contributed by atoms with E-state index in [0.29, 0.717) is 21.8 Å². The normalized spacial score (nSPS) is 18.2. The summed E-state index contributed by atoms with van der Waals surface area (Å²) < 4.78 is 12.2. The number of nitrogens with zero attached hydrogens (tertiary/aromatic N) is 1. The highest BCUT2D eigenvalue weighted by atomic mass is 127. The van der Waals surface area contributed by atoms with Crippen molar-refractivity contribution in [1.29, 1.82) is 0 Å². The number of ether oxygens (including phenoxy) is 2. The SMILES string of the molecule is COc1cc(C=O)cc(I)c1OC1C=C(C(=O)NCCO)CC(N(Cc2ccccc2)C(=O)CCCC(C)=O)C1O. The molecule has 3 rings (SSSR count). The topological polar surface area (TPSA) is 142 Å². The van der Waals surface area contributed by atoms with Crippen LogP contribution >= 0.6 is 22.6 Å². The van der Waals surface area contributed by atoms with Crippen molar-refractivity contribution in [3.8, 4) is 11.5 Å². The van der Waals surface area contributed by atoms with Gasteiger partial charge < -0.3 is 34.7 Å². The highest BCUT2D eigenvalue weighted by molar-refractivity contribution is 14.1. The summed E-state index contributed by atoms with van der Waals surface area (Å²) in [6.45, 7) is 1.43. The van der Waals surface area contributed by atoms with Gasteiger partial charge in [-0.25, -0.2) is 0 Å². The summed E-state index contributed by atoms with van der Waals surface area (Å²) in [7, 11) is 1.43. The lowest BCUT2D eigenvalue weighted by Gasteiger charge is -2.41. The molecule has 3 N–H and O–H groups in total. The maximum absolute atomic E-state index is 13.6. The molecule has 10 nitrogen and oxygen atoms in total. The molecule has 2 aromatic rings. The Hall–Kier alpha value is -3.29. The highest BCUT2D eigenvalue weighted by Crippen LogP contribution is 2.37. The first-order valence-electron chi connectivity index (χ1n) is 13.3. The molecule has 41 heavy (non-hydrogen) atoms. The van der Waals surface area contributed by atoms with Crippen LogP contribution in [-0.4, -0.2) is 77.5 Å². The predicted molar refractivity (Wildman–Crippen MR) is 160 cm³/mol. The van der Waals surface area contributed by atoms with E-state index in [-0.39, 0.29) is 67.7 Å². The van der Waals surface area contributed by atoms with Crippen molar-refractivity contribution in [1.82, 2.24) is 10.2 Å². The Bertz CT molecular complexity index is 1270. The van der Waals surface area contributed by atoms with Gasteiger partial charge in [0.15, 0.2) is 11.5 Å². The lowest BCUT2D eigenvalue weighted by atomic mass is 9.87. The van der Waals surface area contributed by atoms with Crippen LogP contribution in [0.4, 0.5) is 0 Å². The number of aldehydes is 1. The summed E-state index contributed by atoms with van der Waals surface area (Å²) in [5.41, 5.74) is 1.50. The smallest absolute Gasteiger partial charge is 0.247 e. The number of hydrogen-bond donors (Lipinski definition) is 3. The van der Waals surface area contributed by atoms with Crippen molar-refractivity contribution in [2.45, 2.75) is 57.4 Å². The van der Waals surface area contributed by atoms with Crippen LogP contribution in [-0.2, 0) is 20.9 Å². The molecule has 0 fully saturated rings. The van der Waals surface area contributed by atoms with Crippen LogP contribution in [0.15, 0.2) is 54.1 Å². The maximum atomic E-state index is 13.6. The second kappa shape index (κ2) is 15.6. The third-order valence-corrected chi connectivity index (χ3v) is 7.49. The molecule has 0 bridgehead atoms. The Morgan fingerprint density at radius 2 is 1.90 bits per heavy atom. The molecule has 1 aliphatic rings. The molecule has 0 spiro atoms. The van der Waals surface area contributed by atoms with Crippen LogP contribution in [0.5, 0.6) is 11.5 Å². The molecule has 0 radical (unpaired) electrons. The number of carbonyl (C=O) groups is 4. The second-order valence-corrected chi connectivity index (χ2v) is 10.9. The molecule has 0 saturated carbocycles. The van der Waals surface area contributed by atoms with E-state index in [2.05, 4.69) is 5.32 Å². The van der Waals surface area contributed by atoms with Crippen LogP contribution in [0.2, 0.25) is 0 Å². The first kappa shape index (κ1) is 32.2. The van der Waals surface area contributed by atoms with Crippen molar-refractivity contribution in [3.05, 3.63) is 68.8 Å². The van der Waals surface area contributed by atoms with E-state index in [4.69, 9.17) is 9.47 Å². The molecular formula is C30H35IN2O8. The van der Waals surface area contributed by atoms with E-state index >= 15 is 0 Å². The minimum atomic E-state index is -1.24. The Labute approximate surface area is 252 Å². The number of carbonyl (C=O) groups excluding carboxylic acids is 4. The average Bonchev–Trinajstić information content (AvgIpc) is 2.96. The number of nitrogens with one attached hydrogen (secondary N) is 1. The highest BCUT2D eigenvalue weighted by Gasteiger charge is 2.41. The quantitative estimate of drug-likeness (QED) is 0.205. The van der Waals surface area contributed by atoms with Gasteiger partial charge in [-0.1, -0.05) is 30.3 Å². The molecule has 0 aliphatic heterocycles. The summed E-state index contributed by atoms with van der Waals surface area (Å²) in [4.78, 5) is 51.0. The fraction of sp³-hybridized carbons (Fsp3) is 0.400. The second-order valence-electron chi connectivity index (χ2n) is 9.73. The zero-order valence-corrected chi connectivity index (χ0v) is 25.2. The molecule has 0 saturated heterocycles. The van der Waals surface area contributed by atoms with Gasteiger partial charge in [-0.15, -0.1) is 0 Å².